The van der Waals surface area contributed by atoms with Gasteiger partial charge in [-0.25, -0.2) is 0 Å². The van der Waals surface area contributed by atoms with Gasteiger partial charge < -0.3 is 20.2 Å². The molecule has 2 aliphatic heterocycles. The number of rotatable bonds is 3. The number of benzene rings is 1. The van der Waals surface area contributed by atoms with E-state index in [9.17, 15) is 14.7 Å². The van der Waals surface area contributed by atoms with Crippen molar-refractivity contribution in [2.45, 2.75) is 107 Å². The summed E-state index contributed by atoms with van der Waals surface area (Å²) in [4.78, 5) is 29.1. The highest BCUT2D eigenvalue weighted by Gasteiger charge is 2.50. The Bertz CT molecular complexity index is 892. The van der Waals surface area contributed by atoms with Crippen LogP contribution >= 0.6 is 0 Å². The molecule has 1 aromatic carbocycles. The number of piperazine rings is 1. The molecule has 4 fully saturated rings. The van der Waals surface area contributed by atoms with Crippen LogP contribution in [0, 0.1) is 0 Å². The van der Waals surface area contributed by atoms with E-state index in [0.717, 1.165) is 5.56 Å². The Morgan fingerprint density at radius 3 is 2.00 bits per heavy atom. The van der Waals surface area contributed by atoms with Crippen LogP contribution in [0.1, 0.15) is 106 Å². The lowest BCUT2D eigenvalue weighted by Crippen LogP contribution is -2.57. The zero-order chi connectivity index (χ0) is 24.5. The molecule has 2 atom stereocenters. The van der Waals surface area contributed by atoms with Crippen LogP contribution in [-0.2, 0) is 4.79 Å². The van der Waals surface area contributed by atoms with Gasteiger partial charge in [-0.2, -0.15) is 0 Å². The highest BCUT2D eigenvalue weighted by atomic mass is 16.3. The van der Waals surface area contributed by atoms with E-state index >= 15 is 0 Å². The Hall–Kier alpha value is -1.92. The summed E-state index contributed by atoms with van der Waals surface area (Å²) in [6, 6.07) is 9.00. The van der Waals surface area contributed by atoms with Gasteiger partial charge in [0.15, 0.2) is 0 Å². The minimum Gasteiger partial charge on any atom is -0.380 e. The number of aliphatic hydroxyl groups is 1. The standard InChI is InChI=1S/C29H43N3O3/c1-22-8-13-25(28(30-22)14-6-4-2-3-5-7-15-28)23-9-11-24(12-10-23)26(33)31-18-20-32(21-19-31)27(34)29(35)16-17-29/h9-12,22,25,30,35H,2-8,13-21H2,1H3. The normalized spacial score (nSPS) is 28.6. The maximum Gasteiger partial charge on any atom is 0.254 e. The van der Waals surface area contributed by atoms with E-state index in [0.29, 0.717) is 51.0 Å². The lowest BCUT2D eigenvalue weighted by molar-refractivity contribution is -0.143. The van der Waals surface area contributed by atoms with Gasteiger partial charge in [-0.15, -0.1) is 0 Å². The molecule has 0 radical (unpaired) electrons. The number of nitrogens with one attached hydrogen (secondary N) is 1. The summed E-state index contributed by atoms with van der Waals surface area (Å²) in [6.07, 6.45) is 14.1. The second-order valence-electron chi connectivity index (χ2n) is 11.7. The molecular weight excluding hydrogens is 438 g/mol. The third kappa shape index (κ3) is 5.29. The number of hydrogen-bond donors (Lipinski definition) is 2. The van der Waals surface area contributed by atoms with E-state index in [1.54, 1.807) is 4.90 Å². The zero-order valence-corrected chi connectivity index (χ0v) is 21.4. The largest absolute Gasteiger partial charge is 0.380 e. The van der Waals surface area contributed by atoms with Gasteiger partial charge in [0.1, 0.15) is 5.60 Å². The average molecular weight is 482 g/mol. The van der Waals surface area contributed by atoms with Gasteiger partial charge in [0.05, 0.1) is 0 Å². The number of carbonyl (C=O) groups excluding carboxylic acids is 2. The van der Waals surface area contributed by atoms with Gasteiger partial charge in [-0.1, -0.05) is 50.7 Å². The third-order valence-corrected chi connectivity index (χ3v) is 9.12. The molecule has 2 unspecified atom stereocenters. The Balaban J connectivity index is 1.25. The highest BCUT2D eigenvalue weighted by molar-refractivity contribution is 5.94. The van der Waals surface area contributed by atoms with Crippen molar-refractivity contribution in [1.82, 2.24) is 15.1 Å². The monoisotopic (exact) mass is 481 g/mol. The summed E-state index contributed by atoms with van der Waals surface area (Å²) in [6.45, 7) is 4.38. The molecule has 192 valence electrons. The van der Waals surface area contributed by atoms with Gasteiger partial charge in [-0.05, 0) is 63.1 Å². The molecule has 2 saturated carbocycles. The summed E-state index contributed by atoms with van der Waals surface area (Å²) < 4.78 is 0. The Morgan fingerprint density at radius 1 is 0.829 bits per heavy atom. The number of hydrogen-bond acceptors (Lipinski definition) is 4. The van der Waals surface area contributed by atoms with Crippen LogP contribution in [0.25, 0.3) is 0 Å². The van der Waals surface area contributed by atoms with Crippen LogP contribution in [0.3, 0.4) is 0 Å². The van der Waals surface area contributed by atoms with E-state index in [1.807, 2.05) is 17.0 Å². The van der Waals surface area contributed by atoms with Crippen LogP contribution in [0.4, 0.5) is 0 Å². The molecule has 0 aromatic heterocycles. The topological polar surface area (TPSA) is 72.9 Å². The summed E-state index contributed by atoms with van der Waals surface area (Å²) in [5.74, 6) is 0.383. The van der Waals surface area contributed by atoms with Crippen LogP contribution in [-0.4, -0.2) is 70.1 Å². The first-order valence-corrected chi connectivity index (χ1v) is 14.1. The minimum absolute atomic E-state index is 0.0429. The molecular formula is C29H43N3O3. The van der Waals surface area contributed by atoms with Gasteiger partial charge in [-0.3, -0.25) is 9.59 Å². The van der Waals surface area contributed by atoms with Gasteiger partial charge in [0.25, 0.3) is 11.8 Å². The van der Waals surface area contributed by atoms with E-state index in [4.69, 9.17) is 0 Å². The SMILES string of the molecule is CC1CCC(c2ccc(C(=O)N3CCN(C(=O)C4(O)CC4)CC3)cc2)C2(CCCCCCCC2)N1. The third-order valence-electron chi connectivity index (χ3n) is 9.12. The first-order chi connectivity index (χ1) is 16.9. The molecule has 4 aliphatic rings. The van der Waals surface area contributed by atoms with Crippen molar-refractivity contribution in [3.8, 4) is 0 Å². The molecule has 1 aromatic rings. The van der Waals surface area contributed by atoms with Crippen molar-refractivity contribution >= 4 is 11.8 Å². The molecule has 2 aliphatic carbocycles. The zero-order valence-electron chi connectivity index (χ0n) is 21.4. The second-order valence-corrected chi connectivity index (χ2v) is 11.7. The molecule has 6 heteroatoms. The van der Waals surface area contributed by atoms with Crippen molar-refractivity contribution in [1.29, 1.82) is 0 Å². The fraction of sp³-hybridized carbons (Fsp3) is 0.724. The van der Waals surface area contributed by atoms with Gasteiger partial charge in [0, 0.05) is 49.2 Å². The number of carbonyl (C=O) groups is 2. The van der Waals surface area contributed by atoms with E-state index < -0.39 is 5.60 Å². The predicted molar refractivity (Wildman–Crippen MR) is 137 cm³/mol. The van der Waals surface area contributed by atoms with E-state index in [-0.39, 0.29) is 17.4 Å². The van der Waals surface area contributed by atoms with Crippen LogP contribution in [0.5, 0.6) is 0 Å². The minimum atomic E-state index is -1.12. The molecule has 0 bridgehead atoms. The van der Waals surface area contributed by atoms with E-state index in [1.165, 1.54) is 69.8 Å². The summed E-state index contributed by atoms with van der Waals surface area (Å²) >= 11 is 0. The lowest BCUT2D eigenvalue weighted by atomic mass is 9.68. The Morgan fingerprint density at radius 2 is 1.40 bits per heavy atom. The fourth-order valence-corrected chi connectivity index (χ4v) is 6.83. The predicted octanol–water partition coefficient (Wildman–Crippen LogP) is 4.22. The summed E-state index contributed by atoms with van der Waals surface area (Å²) in [5.41, 5.74) is 1.16. The molecule has 5 rings (SSSR count). The molecule has 1 spiro atoms. The van der Waals surface area contributed by atoms with Crippen LogP contribution in [0.15, 0.2) is 24.3 Å². The summed E-state index contributed by atoms with van der Waals surface area (Å²) in [5, 5.41) is 14.2. The average Bonchev–Trinajstić information content (AvgIpc) is 3.61. The molecule has 2 saturated heterocycles. The van der Waals surface area contributed by atoms with Crippen molar-refractivity contribution in [3.05, 3.63) is 35.4 Å². The van der Waals surface area contributed by atoms with Crippen molar-refractivity contribution < 1.29 is 14.7 Å². The number of piperidine rings is 1. The van der Waals surface area contributed by atoms with Crippen LogP contribution < -0.4 is 5.32 Å². The number of nitrogens with zero attached hydrogens (tertiary/aromatic N) is 2. The fourth-order valence-electron chi connectivity index (χ4n) is 6.83. The smallest absolute Gasteiger partial charge is 0.254 e. The second kappa shape index (κ2) is 10.2. The Kier molecular flexibility index (Phi) is 7.23. The summed E-state index contributed by atoms with van der Waals surface area (Å²) in [7, 11) is 0. The highest BCUT2D eigenvalue weighted by Crippen LogP contribution is 2.44. The maximum atomic E-state index is 13.2. The quantitative estimate of drug-likeness (QED) is 0.678. The van der Waals surface area contributed by atoms with E-state index in [2.05, 4.69) is 24.4 Å². The van der Waals surface area contributed by atoms with Crippen LogP contribution in [0.2, 0.25) is 0 Å². The Labute approximate surface area is 210 Å². The van der Waals surface area contributed by atoms with Crippen molar-refractivity contribution in [3.63, 3.8) is 0 Å². The maximum absolute atomic E-state index is 13.2. The van der Waals surface area contributed by atoms with Gasteiger partial charge >= 0.3 is 0 Å². The van der Waals surface area contributed by atoms with Gasteiger partial charge in [0.2, 0.25) is 0 Å². The molecule has 2 amide bonds. The number of amides is 2. The lowest BCUT2D eigenvalue weighted by Gasteiger charge is -2.48. The van der Waals surface area contributed by atoms with Crippen molar-refractivity contribution in [2.24, 2.45) is 0 Å². The molecule has 2 N–H and O–H groups in total. The molecule has 6 nitrogen and oxygen atoms in total. The molecule has 35 heavy (non-hydrogen) atoms. The molecule has 2 heterocycles. The van der Waals surface area contributed by atoms with Crippen molar-refractivity contribution in [2.75, 3.05) is 26.2 Å². The first kappa shape index (κ1) is 24.8. The first-order valence-electron chi connectivity index (χ1n) is 14.1.